The molecule has 2 rings (SSSR count). The van der Waals surface area contributed by atoms with E-state index in [2.05, 4.69) is 10.3 Å². The molecule has 24 heavy (non-hydrogen) atoms. The fourth-order valence-electron chi connectivity index (χ4n) is 1.79. The fourth-order valence-corrected chi connectivity index (χ4v) is 1.79. The maximum Gasteiger partial charge on any atom is 0.258 e. The van der Waals surface area contributed by atoms with Crippen molar-refractivity contribution < 1.29 is 53.5 Å². The zero-order valence-electron chi connectivity index (χ0n) is 12.3. The van der Waals surface area contributed by atoms with Crippen molar-refractivity contribution >= 4 is 12.4 Å². The van der Waals surface area contributed by atoms with Gasteiger partial charge in [-0.3, -0.25) is 4.74 Å². The van der Waals surface area contributed by atoms with Gasteiger partial charge in [0, 0.05) is 23.8 Å². The van der Waals surface area contributed by atoms with Crippen LogP contribution in [0.4, 0.5) is 4.39 Å². The molecule has 0 unspecified atom stereocenters. The van der Waals surface area contributed by atoms with E-state index in [1.165, 1.54) is 23.0 Å². The molecule has 0 spiro atoms. The van der Waals surface area contributed by atoms with E-state index in [0.29, 0.717) is 5.69 Å². The first-order valence-electron chi connectivity index (χ1n) is 6.34. The molecule has 0 atom stereocenters. The average molecular weight is 377 g/mol. The van der Waals surface area contributed by atoms with Crippen LogP contribution in [0.15, 0.2) is 53.2 Å². The molecular formula is C14H15Cl2FN4O3. The average Bonchev–Trinajstić information content (AvgIpc) is 2.52. The van der Waals surface area contributed by atoms with Crippen molar-refractivity contribution in [1.82, 2.24) is 0 Å². The fraction of sp³-hybridized carbons (Fsp3) is 0.143. The largest absolute Gasteiger partial charge is 1.00 e. The minimum Gasteiger partial charge on any atom is -1.00 e. The molecule has 0 saturated carbocycles. The summed E-state index contributed by atoms with van der Waals surface area (Å²) in [5.74, 6) is -0.524. The molecule has 2 N–H and O–H groups in total. The van der Waals surface area contributed by atoms with Gasteiger partial charge in [0.15, 0.2) is 18.2 Å². The third-order valence-corrected chi connectivity index (χ3v) is 2.83. The van der Waals surface area contributed by atoms with Crippen LogP contribution in [-0.4, -0.2) is 22.8 Å². The molecule has 0 radical (unpaired) electrons. The Labute approximate surface area is 150 Å². The number of ether oxygens (including phenoxy) is 1. The first-order valence-corrected chi connectivity index (χ1v) is 6.34. The molecule has 0 saturated heterocycles. The molecule has 2 aromatic rings. The van der Waals surface area contributed by atoms with Crippen LogP contribution in [0.1, 0.15) is 11.3 Å². The lowest BCUT2D eigenvalue weighted by Gasteiger charge is -2.01. The molecule has 0 bridgehead atoms. The lowest BCUT2D eigenvalue weighted by atomic mass is 10.3. The van der Waals surface area contributed by atoms with Gasteiger partial charge in [-0.05, 0) is 6.07 Å². The standard InChI is InChI=1S/C14H13FN4O3.2ClH/c15-14-9-18(6-4-12(14)7-16-20)10-22-11-19-5-2-1-3-13(19)8-17-21;;/h1-9H,10-11H2;2*1H. The van der Waals surface area contributed by atoms with Crippen LogP contribution >= 0.6 is 0 Å². The number of hydrogen-bond acceptors (Lipinski definition) is 5. The second kappa shape index (κ2) is 11.3. The highest BCUT2D eigenvalue weighted by Gasteiger charge is 2.11. The molecule has 0 aromatic carbocycles. The minimum absolute atomic E-state index is 0. The Hall–Kier alpha value is -2.29. The van der Waals surface area contributed by atoms with Gasteiger partial charge >= 0.3 is 0 Å². The first-order chi connectivity index (χ1) is 10.7. The molecule has 0 aliphatic carbocycles. The highest BCUT2D eigenvalue weighted by molar-refractivity contribution is 5.78. The van der Waals surface area contributed by atoms with E-state index in [9.17, 15) is 4.39 Å². The number of hydrogen-bond donors (Lipinski definition) is 2. The molecule has 130 valence electrons. The third-order valence-electron chi connectivity index (χ3n) is 2.83. The zero-order chi connectivity index (χ0) is 15.8. The van der Waals surface area contributed by atoms with Gasteiger partial charge in [0.05, 0.1) is 6.21 Å². The Morgan fingerprint density at radius 3 is 2.46 bits per heavy atom. The second-order valence-electron chi connectivity index (χ2n) is 4.31. The predicted octanol–water partition coefficient (Wildman–Crippen LogP) is -5.34. The van der Waals surface area contributed by atoms with Gasteiger partial charge in [0.2, 0.25) is 11.9 Å². The SMILES string of the molecule is O/N=C/c1cc[n+](COC[n+]2ccccc2/C=N/O)cc1F.[Cl-].[Cl-]. The molecule has 2 heterocycles. The van der Waals surface area contributed by atoms with E-state index < -0.39 is 5.82 Å². The van der Waals surface area contributed by atoms with E-state index >= 15 is 0 Å². The molecular weight excluding hydrogens is 362 g/mol. The summed E-state index contributed by atoms with van der Waals surface area (Å²) in [6.45, 7) is 0.335. The summed E-state index contributed by atoms with van der Waals surface area (Å²) in [4.78, 5) is 0. The summed E-state index contributed by atoms with van der Waals surface area (Å²) in [5.41, 5.74) is 0.841. The van der Waals surface area contributed by atoms with E-state index in [-0.39, 0.29) is 43.8 Å². The van der Waals surface area contributed by atoms with Gasteiger partial charge in [0.25, 0.3) is 13.5 Å². The van der Waals surface area contributed by atoms with Gasteiger partial charge in [-0.15, -0.1) is 0 Å². The normalized spacial score (nSPS) is 10.5. The molecule has 0 amide bonds. The van der Waals surface area contributed by atoms with Crippen LogP contribution in [0.3, 0.4) is 0 Å². The van der Waals surface area contributed by atoms with Crippen molar-refractivity contribution in [3.8, 4) is 0 Å². The Balaban J connectivity index is 0.00000264. The van der Waals surface area contributed by atoms with Crippen molar-refractivity contribution in [3.63, 3.8) is 0 Å². The topological polar surface area (TPSA) is 82.2 Å². The number of oxime groups is 2. The summed E-state index contributed by atoms with van der Waals surface area (Å²) < 4.78 is 22.3. The first kappa shape index (κ1) is 21.7. The van der Waals surface area contributed by atoms with Crippen LogP contribution in [0.25, 0.3) is 0 Å². The van der Waals surface area contributed by atoms with Gasteiger partial charge < -0.3 is 35.2 Å². The number of aromatic nitrogens is 2. The summed E-state index contributed by atoms with van der Waals surface area (Å²) in [7, 11) is 0. The highest BCUT2D eigenvalue weighted by Crippen LogP contribution is 1.99. The lowest BCUT2D eigenvalue weighted by molar-refractivity contribution is -0.789. The molecule has 0 aliphatic rings. The van der Waals surface area contributed by atoms with Crippen molar-refractivity contribution in [2.24, 2.45) is 10.3 Å². The Kier molecular flexibility index (Phi) is 10.2. The van der Waals surface area contributed by atoms with E-state index in [1.54, 1.807) is 29.1 Å². The summed E-state index contributed by atoms with van der Waals surface area (Å²) in [6.07, 6.45) is 6.91. The van der Waals surface area contributed by atoms with Crippen molar-refractivity contribution in [3.05, 3.63) is 59.9 Å². The van der Waals surface area contributed by atoms with Gasteiger partial charge in [0.1, 0.15) is 6.21 Å². The monoisotopic (exact) mass is 376 g/mol. The van der Waals surface area contributed by atoms with Gasteiger partial charge in [-0.1, -0.05) is 10.3 Å². The Morgan fingerprint density at radius 2 is 1.79 bits per heavy atom. The molecule has 2 aromatic heterocycles. The van der Waals surface area contributed by atoms with Gasteiger partial charge in [-0.2, -0.15) is 13.5 Å². The van der Waals surface area contributed by atoms with E-state index in [4.69, 9.17) is 15.2 Å². The number of halogens is 3. The summed E-state index contributed by atoms with van der Waals surface area (Å²) >= 11 is 0. The molecule has 10 heteroatoms. The summed E-state index contributed by atoms with van der Waals surface area (Å²) in [5, 5.41) is 22.7. The van der Waals surface area contributed by atoms with Crippen LogP contribution in [0.5, 0.6) is 0 Å². The van der Waals surface area contributed by atoms with Crippen LogP contribution in [-0.2, 0) is 18.2 Å². The minimum atomic E-state index is -0.524. The lowest BCUT2D eigenvalue weighted by Crippen LogP contribution is -3.00. The van der Waals surface area contributed by atoms with Crippen LogP contribution in [0.2, 0.25) is 0 Å². The van der Waals surface area contributed by atoms with Crippen LogP contribution < -0.4 is 33.9 Å². The second-order valence-corrected chi connectivity index (χ2v) is 4.31. The number of rotatable bonds is 6. The zero-order valence-corrected chi connectivity index (χ0v) is 13.8. The summed E-state index contributed by atoms with van der Waals surface area (Å²) in [6, 6.07) is 6.85. The van der Waals surface area contributed by atoms with Gasteiger partial charge in [-0.25, -0.2) is 0 Å². The maximum atomic E-state index is 13.6. The van der Waals surface area contributed by atoms with Crippen molar-refractivity contribution in [1.29, 1.82) is 0 Å². The molecule has 7 nitrogen and oxygen atoms in total. The maximum absolute atomic E-state index is 13.6. The van der Waals surface area contributed by atoms with E-state index in [0.717, 1.165) is 6.21 Å². The van der Waals surface area contributed by atoms with Crippen molar-refractivity contribution in [2.75, 3.05) is 0 Å². The smallest absolute Gasteiger partial charge is 0.258 e. The van der Waals surface area contributed by atoms with Crippen LogP contribution in [0, 0.1) is 5.82 Å². The predicted molar refractivity (Wildman–Crippen MR) is 73.1 cm³/mol. The Bertz CT molecular complexity index is 701. The third kappa shape index (κ3) is 6.07. The molecule has 0 aliphatic heterocycles. The number of nitrogens with zero attached hydrogens (tertiary/aromatic N) is 4. The highest BCUT2D eigenvalue weighted by atomic mass is 35.5. The van der Waals surface area contributed by atoms with E-state index in [1.807, 2.05) is 6.07 Å². The quantitative estimate of drug-likeness (QED) is 0.228. The number of pyridine rings is 2. The Morgan fingerprint density at radius 1 is 1.04 bits per heavy atom. The van der Waals surface area contributed by atoms with Crippen molar-refractivity contribution in [2.45, 2.75) is 13.5 Å². The molecule has 0 fully saturated rings.